The second kappa shape index (κ2) is 4.26. The van der Waals surface area contributed by atoms with Crippen LogP contribution in [-0.2, 0) is 12.8 Å². The fourth-order valence-electron chi connectivity index (χ4n) is 4.13. The van der Waals surface area contributed by atoms with Crippen molar-refractivity contribution in [2.24, 2.45) is 5.92 Å². The summed E-state index contributed by atoms with van der Waals surface area (Å²) in [4.78, 5) is 0. The number of fused-ring (bicyclic) bond motifs is 5. The van der Waals surface area contributed by atoms with Crippen molar-refractivity contribution in [1.29, 1.82) is 0 Å². The molecule has 0 aliphatic heterocycles. The lowest BCUT2D eigenvalue weighted by molar-refractivity contribution is 0.363. The molecule has 4 rings (SSSR count). The zero-order chi connectivity index (χ0) is 12.8. The first-order valence-electron chi connectivity index (χ1n) is 7.50. The van der Waals surface area contributed by atoms with Gasteiger partial charge in [-0.2, -0.15) is 0 Å². The Morgan fingerprint density at radius 1 is 0.842 bits per heavy atom. The van der Waals surface area contributed by atoms with Crippen molar-refractivity contribution in [2.45, 2.75) is 31.6 Å². The second-order valence-electron chi connectivity index (χ2n) is 6.22. The minimum atomic E-state index is 0.661. The van der Waals surface area contributed by atoms with Crippen LogP contribution >= 0.6 is 0 Å². The fourth-order valence-corrected chi connectivity index (χ4v) is 4.13. The predicted octanol–water partition coefficient (Wildman–Crippen LogP) is 2.59. The summed E-state index contributed by atoms with van der Waals surface area (Å²) < 4.78 is 0. The first-order chi connectivity index (χ1) is 9.33. The van der Waals surface area contributed by atoms with Gasteiger partial charge in [0.05, 0.1) is 0 Å². The first-order valence-corrected chi connectivity index (χ1v) is 7.50. The average Bonchev–Trinajstić information content (AvgIpc) is 2.46. The van der Waals surface area contributed by atoms with Gasteiger partial charge in [0.25, 0.3) is 0 Å². The van der Waals surface area contributed by atoms with Gasteiger partial charge in [0.15, 0.2) is 0 Å². The van der Waals surface area contributed by atoms with E-state index in [1.807, 2.05) is 0 Å². The van der Waals surface area contributed by atoms with Gasteiger partial charge in [0.1, 0.15) is 7.85 Å². The Balaban J connectivity index is 1.92. The molecule has 0 heterocycles. The molecule has 2 atom stereocenters. The smallest absolute Gasteiger partial charge is 0.0887 e. The molecule has 0 N–H and O–H groups in total. The van der Waals surface area contributed by atoms with Gasteiger partial charge in [-0.25, -0.2) is 0 Å². The minimum absolute atomic E-state index is 0.661. The molecule has 0 radical (unpaired) electrons. The van der Waals surface area contributed by atoms with Gasteiger partial charge in [0.2, 0.25) is 0 Å². The lowest BCUT2D eigenvalue weighted by atomic mass is 9.65. The van der Waals surface area contributed by atoms with Crippen molar-refractivity contribution < 1.29 is 0 Å². The molecular formula is C18H19B. The molecule has 0 bridgehead atoms. The monoisotopic (exact) mass is 246 g/mol. The molecule has 0 aromatic heterocycles. The van der Waals surface area contributed by atoms with Crippen molar-refractivity contribution in [1.82, 2.24) is 0 Å². The molecule has 1 heteroatoms. The maximum atomic E-state index is 2.44. The third-order valence-corrected chi connectivity index (χ3v) is 5.07. The van der Waals surface area contributed by atoms with Crippen LogP contribution in [-0.4, -0.2) is 7.85 Å². The summed E-state index contributed by atoms with van der Waals surface area (Å²) in [5.41, 5.74) is 7.79. The van der Waals surface area contributed by atoms with Crippen molar-refractivity contribution in [2.75, 3.05) is 0 Å². The molecule has 0 spiro atoms. The molecule has 2 unspecified atom stereocenters. The molecule has 2 aromatic rings. The number of aryl methyl sites for hydroxylation is 2. The first kappa shape index (κ1) is 11.3. The topological polar surface area (TPSA) is 0 Å². The number of rotatable bonds is 0. The van der Waals surface area contributed by atoms with Crippen LogP contribution in [0, 0.1) is 5.92 Å². The zero-order valence-corrected chi connectivity index (χ0v) is 11.5. The van der Waals surface area contributed by atoms with E-state index < -0.39 is 0 Å². The van der Waals surface area contributed by atoms with Gasteiger partial charge in [-0.05, 0) is 53.9 Å². The molecule has 94 valence electrons. The Morgan fingerprint density at radius 3 is 2.42 bits per heavy atom. The van der Waals surface area contributed by atoms with Crippen LogP contribution in [0.1, 0.15) is 41.0 Å². The third kappa shape index (κ3) is 1.75. The molecule has 2 aliphatic carbocycles. The van der Waals surface area contributed by atoms with E-state index in [1.54, 1.807) is 22.3 Å². The Hall–Kier alpha value is -1.50. The van der Waals surface area contributed by atoms with E-state index in [0.717, 1.165) is 5.92 Å². The Labute approximate surface area is 116 Å². The highest BCUT2D eigenvalue weighted by Crippen LogP contribution is 2.46. The number of hydrogen-bond donors (Lipinski definition) is 0. The van der Waals surface area contributed by atoms with Gasteiger partial charge in [-0.3, -0.25) is 0 Å². The van der Waals surface area contributed by atoms with E-state index in [2.05, 4.69) is 50.3 Å². The van der Waals surface area contributed by atoms with Crippen LogP contribution in [0.25, 0.3) is 0 Å². The van der Waals surface area contributed by atoms with Gasteiger partial charge in [0, 0.05) is 5.92 Å². The summed E-state index contributed by atoms with van der Waals surface area (Å²) in [7, 11) is 2.22. The van der Waals surface area contributed by atoms with Crippen molar-refractivity contribution in [3.8, 4) is 0 Å². The molecule has 0 nitrogen and oxygen atoms in total. The van der Waals surface area contributed by atoms with Crippen LogP contribution in [0.3, 0.4) is 0 Å². The summed E-state index contributed by atoms with van der Waals surface area (Å²) in [6.45, 7) is 0. The summed E-state index contributed by atoms with van der Waals surface area (Å²) in [6, 6.07) is 16.2. The van der Waals surface area contributed by atoms with Crippen LogP contribution < -0.4 is 5.46 Å². The maximum Gasteiger partial charge on any atom is 0.139 e. The normalized spacial score (nSPS) is 24.2. The highest BCUT2D eigenvalue weighted by atomic mass is 14.4. The molecule has 2 aromatic carbocycles. The second-order valence-corrected chi connectivity index (χ2v) is 6.22. The molecule has 0 fully saturated rings. The Kier molecular flexibility index (Phi) is 2.55. The highest BCUT2D eigenvalue weighted by molar-refractivity contribution is 6.32. The van der Waals surface area contributed by atoms with E-state index in [-0.39, 0.29) is 0 Å². The molecule has 0 amide bonds. The van der Waals surface area contributed by atoms with Gasteiger partial charge in [-0.1, -0.05) is 47.9 Å². The largest absolute Gasteiger partial charge is 0.139 e. The molecular weight excluding hydrogens is 227 g/mol. The van der Waals surface area contributed by atoms with Gasteiger partial charge < -0.3 is 0 Å². The molecule has 0 saturated heterocycles. The summed E-state index contributed by atoms with van der Waals surface area (Å²) in [6.07, 6.45) is 5.29. The lowest BCUT2D eigenvalue weighted by Gasteiger charge is -2.39. The van der Waals surface area contributed by atoms with Gasteiger partial charge >= 0.3 is 0 Å². The van der Waals surface area contributed by atoms with E-state index in [1.165, 1.54) is 31.1 Å². The fraction of sp³-hybridized carbons (Fsp3) is 0.333. The Bertz CT molecular complexity index is 629. The van der Waals surface area contributed by atoms with Crippen molar-refractivity contribution in [3.63, 3.8) is 0 Å². The van der Waals surface area contributed by atoms with Crippen LogP contribution in [0.2, 0.25) is 0 Å². The zero-order valence-electron chi connectivity index (χ0n) is 11.5. The average molecular weight is 246 g/mol. The number of benzene rings is 2. The van der Waals surface area contributed by atoms with Crippen LogP contribution in [0.4, 0.5) is 0 Å². The van der Waals surface area contributed by atoms with Crippen molar-refractivity contribution in [3.05, 3.63) is 64.7 Å². The quantitative estimate of drug-likeness (QED) is 0.627. The lowest BCUT2D eigenvalue weighted by Crippen LogP contribution is -2.28. The van der Waals surface area contributed by atoms with Gasteiger partial charge in [-0.15, -0.1) is 0 Å². The number of hydrogen-bond acceptors (Lipinski definition) is 0. The highest BCUT2D eigenvalue weighted by Gasteiger charge is 2.34. The SMILES string of the molecule is Bc1ccc2c(c1)C1c3ccccc3CCC1CC2. The standard InChI is InChI=1S/C18H19B/c19-15-10-9-13-6-8-14-7-5-12-3-1-2-4-16(12)18(14)17(13)11-15/h1-4,9-11,14,18H,5-8,19H2. The van der Waals surface area contributed by atoms with E-state index in [0.29, 0.717) is 5.92 Å². The Morgan fingerprint density at radius 2 is 1.58 bits per heavy atom. The molecule has 0 saturated carbocycles. The molecule has 19 heavy (non-hydrogen) atoms. The molecule has 2 aliphatic rings. The third-order valence-electron chi connectivity index (χ3n) is 5.07. The summed E-state index contributed by atoms with van der Waals surface area (Å²) in [5, 5.41) is 0. The maximum absolute atomic E-state index is 2.44. The van der Waals surface area contributed by atoms with Crippen LogP contribution in [0.15, 0.2) is 42.5 Å². The van der Waals surface area contributed by atoms with E-state index in [4.69, 9.17) is 0 Å². The predicted molar refractivity (Wildman–Crippen MR) is 83.0 cm³/mol. The van der Waals surface area contributed by atoms with E-state index in [9.17, 15) is 0 Å². The summed E-state index contributed by atoms with van der Waals surface area (Å²) in [5.74, 6) is 1.53. The van der Waals surface area contributed by atoms with Crippen molar-refractivity contribution >= 4 is 13.3 Å². The summed E-state index contributed by atoms with van der Waals surface area (Å²) >= 11 is 0. The van der Waals surface area contributed by atoms with E-state index >= 15 is 0 Å². The van der Waals surface area contributed by atoms with Crippen LogP contribution in [0.5, 0.6) is 0 Å². The minimum Gasteiger partial charge on any atom is -0.0887 e.